The minimum absolute atomic E-state index is 0.173. The standard InChI is InChI=1S/C33H42IN5O5/c1-21(2)30-33(43)37-27(19-39-15-6-7-16-39)31(41)35-14-8-10-24-9-4-5-11-29(24)44-20-22(3)36-26(32(42)38-30)18-23-12-13-28(40)25(34)17-23/h4-7,9,11-13,15-17,21-22,26-27,30,36,40H,8,10,14,18-20H2,1-3H3,(H,35,41)(H,37,43)(H,38,42)/t22-,26+,27-,30+/m0/s1. The van der Waals surface area contributed by atoms with Crippen LogP contribution in [0.15, 0.2) is 67.0 Å². The number of benzene rings is 2. The molecule has 1 aromatic heterocycles. The maximum absolute atomic E-state index is 13.8. The number of aromatic nitrogens is 1. The van der Waals surface area contributed by atoms with Crippen molar-refractivity contribution < 1.29 is 24.2 Å². The third-order valence-corrected chi connectivity index (χ3v) is 8.44. The van der Waals surface area contributed by atoms with E-state index >= 15 is 0 Å². The van der Waals surface area contributed by atoms with Crippen molar-refractivity contribution in [1.82, 2.24) is 25.8 Å². The van der Waals surface area contributed by atoms with Crippen LogP contribution >= 0.6 is 22.6 Å². The minimum atomic E-state index is -0.871. The van der Waals surface area contributed by atoms with E-state index in [4.69, 9.17) is 4.74 Å². The van der Waals surface area contributed by atoms with Gasteiger partial charge in [0, 0.05) is 25.0 Å². The van der Waals surface area contributed by atoms with Crippen LogP contribution in [0.1, 0.15) is 38.3 Å². The largest absolute Gasteiger partial charge is 0.507 e. The Bertz CT molecular complexity index is 1410. The number of halogens is 1. The van der Waals surface area contributed by atoms with Crippen molar-refractivity contribution in [3.05, 3.63) is 81.7 Å². The molecule has 0 saturated heterocycles. The first kappa shape index (κ1) is 33.3. The van der Waals surface area contributed by atoms with Crippen molar-refractivity contribution in [2.24, 2.45) is 5.92 Å². The van der Waals surface area contributed by atoms with Crippen LogP contribution < -0.4 is 26.0 Å². The first-order valence-electron chi connectivity index (χ1n) is 15.0. The number of hydrogen-bond donors (Lipinski definition) is 5. The lowest BCUT2D eigenvalue weighted by Crippen LogP contribution is -2.59. The monoisotopic (exact) mass is 715 g/mol. The Kier molecular flexibility index (Phi) is 12.1. The van der Waals surface area contributed by atoms with E-state index in [9.17, 15) is 19.5 Å². The topological polar surface area (TPSA) is 134 Å². The zero-order valence-corrected chi connectivity index (χ0v) is 27.5. The van der Waals surface area contributed by atoms with E-state index < -0.39 is 24.0 Å². The number of nitrogens with zero attached hydrogens (tertiary/aromatic N) is 1. The molecule has 0 bridgehead atoms. The summed E-state index contributed by atoms with van der Waals surface area (Å²) in [7, 11) is 0. The van der Waals surface area contributed by atoms with E-state index in [0.29, 0.717) is 36.0 Å². The fourth-order valence-corrected chi connectivity index (χ4v) is 5.74. The summed E-state index contributed by atoms with van der Waals surface area (Å²) in [5, 5.41) is 22.3. The number of hydrogen-bond acceptors (Lipinski definition) is 6. The Labute approximate surface area is 272 Å². The molecule has 4 rings (SSSR count). The maximum Gasteiger partial charge on any atom is 0.244 e. The average Bonchev–Trinajstić information content (AvgIpc) is 3.51. The Morgan fingerprint density at radius 1 is 0.977 bits per heavy atom. The van der Waals surface area contributed by atoms with Crippen LogP contribution in [0.25, 0.3) is 0 Å². The van der Waals surface area contributed by atoms with Crippen LogP contribution in [0, 0.1) is 9.49 Å². The van der Waals surface area contributed by atoms with Crippen LogP contribution in [-0.4, -0.2) is 64.7 Å². The lowest BCUT2D eigenvalue weighted by molar-refractivity contribution is -0.133. The SMILES string of the molecule is CC(C)[C@H]1NC(=O)[C@@H](Cc2ccc(O)c(I)c2)N[C@@H](C)COc2ccccc2CCCNC(=O)[C@H](Cn2cccc2)NC1=O. The van der Waals surface area contributed by atoms with Crippen LogP contribution in [-0.2, 0) is 33.8 Å². The highest BCUT2D eigenvalue weighted by molar-refractivity contribution is 14.1. The molecule has 0 spiro atoms. The second-order valence-corrected chi connectivity index (χ2v) is 12.8. The molecule has 236 valence electrons. The highest BCUT2D eigenvalue weighted by Crippen LogP contribution is 2.22. The van der Waals surface area contributed by atoms with Gasteiger partial charge in [-0.1, -0.05) is 38.1 Å². The first-order chi connectivity index (χ1) is 21.1. The number of aromatic hydroxyl groups is 1. The van der Waals surface area contributed by atoms with Gasteiger partial charge < -0.3 is 30.4 Å². The van der Waals surface area contributed by atoms with Gasteiger partial charge in [0.05, 0.1) is 16.2 Å². The fourth-order valence-electron chi connectivity index (χ4n) is 5.16. The van der Waals surface area contributed by atoms with Gasteiger partial charge in [-0.05, 0) is 96.2 Å². The lowest BCUT2D eigenvalue weighted by Gasteiger charge is -2.29. The van der Waals surface area contributed by atoms with Gasteiger partial charge in [-0.3, -0.25) is 19.7 Å². The molecule has 2 aromatic carbocycles. The molecule has 4 atom stereocenters. The van der Waals surface area contributed by atoms with Crippen LogP contribution in [0.2, 0.25) is 0 Å². The minimum Gasteiger partial charge on any atom is -0.507 e. The van der Waals surface area contributed by atoms with Gasteiger partial charge in [0.1, 0.15) is 30.2 Å². The molecule has 0 saturated carbocycles. The van der Waals surface area contributed by atoms with Crippen LogP contribution in [0.3, 0.4) is 0 Å². The van der Waals surface area contributed by atoms with Crippen LogP contribution in [0.5, 0.6) is 11.5 Å². The number of phenolic OH excluding ortho intramolecular Hbond substituents is 1. The number of nitrogens with one attached hydrogen (secondary N) is 4. The molecule has 0 radical (unpaired) electrons. The molecule has 0 aliphatic carbocycles. The summed E-state index contributed by atoms with van der Waals surface area (Å²) >= 11 is 2.06. The van der Waals surface area contributed by atoms with Crippen molar-refractivity contribution in [3.8, 4) is 11.5 Å². The Morgan fingerprint density at radius 3 is 2.45 bits per heavy atom. The second-order valence-electron chi connectivity index (χ2n) is 11.6. The van der Waals surface area contributed by atoms with E-state index in [1.165, 1.54) is 0 Å². The maximum atomic E-state index is 13.8. The number of carbonyl (C=O) groups excluding carboxylic acids is 3. The number of carbonyl (C=O) groups is 3. The zero-order valence-electron chi connectivity index (χ0n) is 25.4. The number of phenols is 1. The summed E-state index contributed by atoms with van der Waals surface area (Å²) in [6.45, 7) is 6.68. The van der Waals surface area contributed by atoms with Gasteiger partial charge in [-0.2, -0.15) is 0 Å². The Balaban J connectivity index is 1.63. The summed E-state index contributed by atoms with van der Waals surface area (Å²) in [5.74, 6) is -0.367. The van der Waals surface area contributed by atoms with E-state index in [1.807, 2.05) is 80.2 Å². The Morgan fingerprint density at radius 2 is 1.73 bits per heavy atom. The molecule has 0 unspecified atom stereocenters. The number of ether oxygens (including phenoxy) is 1. The van der Waals surface area contributed by atoms with Gasteiger partial charge in [0.2, 0.25) is 17.7 Å². The average molecular weight is 716 g/mol. The van der Waals surface area contributed by atoms with E-state index in [-0.39, 0.29) is 36.1 Å². The second kappa shape index (κ2) is 15.9. The molecular formula is C33H42IN5O5. The van der Waals surface area contributed by atoms with Gasteiger partial charge in [0.25, 0.3) is 0 Å². The number of amides is 3. The molecular weight excluding hydrogens is 673 g/mol. The number of rotatable bonds is 5. The number of fused-ring (bicyclic) bond motifs is 1. The van der Waals surface area contributed by atoms with E-state index in [1.54, 1.807) is 12.1 Å². The summed E-state index contributed by atoms with van der Waals surface area (Å²) in [6.07, 6.45) is 5.40. The quantitative estimate of drug-likeness (QED) is 0.258. The highest BCUT2D eigenvalue weighted by atomic mass is 127. The van der Waals surface area contributed by atoms with Crippen molar-refractivity contribution in [2.75, 3.05) is 13.2 Å². The normalized spacial score (nSPS) is 22.5. The number of aryl methyl sites for hydroxylation is 1. The third kappa shape index (κ3) is 9.46. The molecule has 1 aliphatic rings. The van der Waals surface area contributed by atoms with Crippen LogP contribution in [0.4, 0.5) is 0 Å². The summed E-state index contributed by atoms with van der Waals surface area (Å²) < 4.78 is 8.73. The zero-order chi connectivity index (χ0) is 31.6. The van der Waals surface area contributed by atoms with Crippen molar-refractivity contribution in [1.29, 1.82) is 0 Å². The molecule has 5 N–H and O–H groups in total. The number of para-hydroxylation sites is 1. The predicted molar refractivity (Wildman–Crippen MR) is 177 cm³/mol. The fraction of sp³-hybridized carbons (Fsp3) is 0.424. The van der Waals surface area contributed by atoms with E-state index in [0.717, 1.165) is 16.9 Å². The third-order valence-electron chi connectivity index (χ3n) is 7.58. The van der Waals surface area contributed by atoms with Gasteiger partial charge in [-0.25, -0.2) is 0 Å². The van der Waals surface area contributed by atoms with Crippen molar-refractivity contribution >= 4 is 40.3 Å². The highest BCUT2D eigenvalue weighted by Gasteiger charge is 2.32. The first-order valence-corrected chi connectivity index (χ1v) is 16.1. The Hall–Kier alpha value is -3.58. The summed E-state index contributed by atoms with van der Waals surface area (Å²) in [5.41, 5.74) is 1.88. The van der Waals surface area contributed by atoms with Gasteiger partial charge in [-0.15, -0.1) is 0 Å². The summed E-state index contributed by atoms with van der Waals surface area (Å²) in [6, 6.07) is 14.2. The van der Waals surface area contributed by atoms with Crippen molar-refractivity contribution in [2.45, 2.75) is 70.7 Å². The summed E-state index contributed by atoms with van der Waals surface area (Å²) in [4.78, 5) is 40.8. The molecule has 3 amide bonds. The smallest absolute Gasteiger partial charge is 0.244 e. The van der Waals surface area contributed by atoms with Crippen molar-refractivity contribution in [3.63, 3.8) is 0 Å². The molecule has 10 nitrogen and oxygen atoms in total. The lowest BCUT2D eigenvalue weighted by atomic mass is 10.00. The molecule has 11 heteroatoms. The molecule has 44 heavy (non-hydrogen) atoms. The molecule has 1 aliphatic heterocycles. The molecule has 2 heterocycles. The molecule has 0 fully saturated rings. The molecule has 3 aromatic rings. The predicted octanol–water partition coefficient (Wildman–Crippen LogP) is 3.15. The van der Waals surface area contributed by atoms with Gasteiger partial charge in [0.15, 0.2) is 0 Å². The van der Waals surface area contributed by atoms with E-state index in [2.05, 4.69) is 43.9 Å². The van der Waals surface area contributed by atoms with Gasteiger partial charge >= 0.3 is 0 Å².